The highest BCUT2D eigenvalue weighted by atomic mass is 32.3. The van der Waals surface area contributed by atoms with Gasteiger partial charge in [0.15, 0.2) is 0 Å². The summed E-state index contributed by atoms with van der Waals surface area (Å²) >= 11 is 0. The van der Waals surface area contributed by atoms with E-state index in [1.54, 1.807) is 23.9 Å². The molecule has 4 aromatic rings. The number of fused-ring (bicyclic) bond motifs is 1. The van der Waals surface area contributed by atoms with Gasteiger partial charge in [0, 0.05) is 91.2 Å². The van der Waals surface area contributed by atoms with E-state index in [0.717, 1.165) is 44.7 Å². The van der Waals surface area contributed by atoms with Gasteiger partial charge in [0.05, 0.1) is 10.8 Å². The van der Waals surface area contributed by atoms with Crippen LogP contribution >= 0.6 is 10.8 Å². The van der Waals surface area contributed by atoms with Crippen LogP contribution in [0.25, 0.3) is 22.2 Å². The van der Waals surface area contributed by atoms with Crippen molar-refractivity contribution in [3.8, 4) is 11.1 Å². The number of likely N-dealkylation sites (N-methyl/N-ethyl adjacent to an activating group) is 2. The average molecular weight is 638 g/mol. The van der Waals surface area contributed by atoms with Gasteiger partial charge in [0.1, 0.15) is 5.65 Å². The molecule has 2 aromatic carbocycles. The van der Waals surface area contributed by atoms with Crippen LogP contribution in [0.4, 0.5) is 17.3 Å². The van der Waals surface area contributed by atoms with E-state index < -0.39 is 21.6 Å². The van der Waals surface area contributed by atoms with Gasteiger partial charge in [-0.3, -0.25) is 22.7 Å². The van der Waals surface area contributed by atoms with Gasteiger partial charge >= 0.3 is 0 Å². The van der Waals surface area contributed by atoms with E-state index in [4.69, 9.17) is 4.98 Å². The molecule has 13 heteroatoms. The maximum atomic E-state index is 14.0. The Bertz CT molecular complexity index is 1730. The predicted molar refractivity (Wildman–Crippen MR) is 180 cm³/mol. The molecule has 2 fully saturated rings. The Morgan fingerprint density at radius 1 is 1.07 bits per heavy atom. The summed E-state index contributed by atoms with van der Waals surface area (Å²) in [5, 5.41) is 4.11. The van der Waals surface area contributed by atoms with Crippen molar-refractivity contribution in [2.75, 3.05) is 63.3 Å². The zero-order valence-corrected chi connectivity index (χ0v) is 26.9. The monoisotopic (exact) mass is 637 g/mol. The van der Waals surface area contributed by atoms with E-state index in [-0.39, 0.29) is 23.9 Å². The van der Waals surface area contributed by atoms with E-state index in [1.165, 1.54) is 16.2 Å². The number of hydrogen-bond donors (Lipinski definition) is 3. The second-order valence-electron chi connectivity index (χ2n) is 11.6. The van der Waals surface area contributed by atoms with Crippen LogP contribution in [0.2, 0.25) is 0 Å². The number of nitrogens with zero attached hydrogens (tertiary/aromatic N) is 6. The average Bonchev–Trinajstić information content (AvgIpc) is 3.86. The highest BCUT2D eigenvalue weighted by Crippen LogP contribution is 2.36. The molecule has 11 nitrogen and oxygen atoms in total. The Hall–Kier alpha value is -3.33. The molecule has 234 valence electrons. The van der Waals surface area contributed by atoms with Gasteiger partial charge < -0.3 is 15.1 Å². The van der Waals surface area contributed by atoms with E-state index in [0.29, 0.717) is 33.0 Å². The van der Waals surface area contributed by atoms with Crippen LogP contribution in [0.3, 0.4) is 0 Å². The summed E-state index contributed by atoms with van der Waals surface area (Å²) in [5.74, 6) is 0.348. The Morgan fingerprint density at radius 3 is 2.48 bits per heavy atom. The lowest BCUT2D eigenvalue weighted by Gasteiger charge is -2.36. The van der Waals surface area contributed by atoms with Crippen LogP contribution < -0.4 is 15.8 Å². The highest BCUT2D eigenvalue weighted by molar-refractivity contribution is 8.21. The molecule has 2 aliphatic rings. The smallest absolute Gasteiger partial charge is 0.260 e. The van der Waals surface area contributed by atoms with Gasteiger partial charge in [-0.15, -0.1) is 10.8 Å². The lowest BCUT2D eigenvalue weighted by Crippen LogP contribution is -2.44. The molecule has 6 rings (SSSR count). The summed E-state index contributed by atoms with van der Waals surface area (Å²) in [6, 6.07) is 17.3. The van der Waals surface area contributed by atoms with Crippen molar-refractivity contribution in [2.45, 2.75) is 29.5 Å². The fourth-order valence-corrected chi connectivity index (χ4v) is 7.09. The number of pyridine rings is 1. The third-order valence-corrected chi connectivity index (χ3v) is 11.4. The minimum absolute atomic E-state index is 0.174. The van der Waals surface area contributed by atoms with Gasteiger partial charge in [-0.05, 0) is 67.9 Å². The number of nitrogens with one attached hydrogen (secondary N) is 1. The van der Waals surface area contributed by atoms with Crippen LogP contribution in [0, 0.1) is 0 Å². The molecule has 2 aromatic heterocycles. The molecule has 0 radical (unpaired) electrons. The number of rotatable bonds is 10. The molecule has 1 saturated heterocycles. The maximum absolute atomic E-state index is 14.0. The van der Waals surface area contributed by atoms with Gasteiger partial charge in [0.25, 0.3) is 5.56 Å². The molecule has 0 bridgehead atoms. The molecule has 1 aliphatic heterocycles. The number of piperazine rings is 1. The van der Waals surface area contributed by atoms with Crippen molar-refractivity contribution in [1.29, 1.82) is 0 Å². The van der Waals surface area contributed by atoms with E-state index >= 15 is 0 Å². The molecule has 44 heavy (non-hydrogen) atoms. The van der Waals surface area contributed by atoms with E-state index in [9.17, 15) is 18.1 Å². The summed E-state index contributed by atoms with van der Waals surface area (Å²) < 4.78 is 36.1. The molecule has 0 spiro atoms. The van der Waals surface area contributed by atoms with Gasteiger partial charge in [-0.1, -0.05) is 12.1 Å². The van der Waals surface area contributed by atoms with Crippen molar-refractivity contribution in [3.63, 3.8) is 0 Å². The standard InChI is InChI=1S/C31H39N7O4S2/c1-35-13-16-37(17-14-35)25-9-7-24(8-10-25)33-31-32-21-23-20-28(22-5-4-6-27(19-22)43(40)26-11-12-26)30(39)38(29(23)34-31)18-15-36(2)44(3,41)42/h4-10,19-21,26,41-42H,11-18H2,1-3H3,(H,32,33,34). The molecule has 3 N–H and O–H groups in total. The maximum Gasteiger partial charge on any atom is 0.260 e. The van der Waals surface area contributed by atoms with Crippen molar-refractivity contribution >= 4 is 49.9 Å². The summed E-state index contributed by atoms with van der Waals surface area (Å²) in [7, 11) is -0.302. The second-order valence-corrected chi connectivity index (χ2v) is 15.6. The summed E-state index contributed by atoms with van der Waals surface area (Å²) in [6.07, 6.45) is 4.96. The second kappa shape index (κ2) is 12.6. The molecule has 1 unspecified atom stereocenters. The van der Waals surface area contributed by atoms with E-state index in [2.05, 4.69) is 39.3 Å². The fourth-order valence-electron chi connectivity index (χ4n) is 5.26. The number of anilines is 3. The van der Waals surface area contributed by atoms with Crippen LogP contribution in [0.5, 0.6) is 0 Å². The van der Waals surface area contributed by atoms with Crippen molar-refractivity contribution < 1.29 is 13.3 Å². The summed E-state index contributed by atoms with van der Waals surface area (Å²) in [6.45, 7) is 4.43. The molecule has 3 heterocycles. The van der Waals surface area contributed by atoms with Gasteiger partial charge in [0.2, 0.25) is 5.95 Å². The third kappa shape index (κ3) is 6.82. The third-order valence-electron chi connectivity index (χ3n) is 8.25. The SMILES string of the molecule is CN1CCN(c2ccc(Nc3ncc4cc(-c5cccc(S(=O)C6CC6)c5)c(=O)n(CCN(C)S(C)(O)O)c4n3)cc2)CC1. The first kappa shape index (κ1) is 30.7. The number of hydrogen-bond acceptors (Lipinski definition) is 10. The molecular weight excluding hydrogens is 599 g/mol. The van der Waals surface area contributed by atoms with Crippen molar-refractivity contribution in [2.24, 2.45) is 0 Å². The molecule has 1 saturated carbocycles. The topological polar surface area (TPSA) is 127 Å². The largest absolute Gasteiger partial charge is 0.369 e. The van der Waals surface area contributed by atoms with Crippen molar-refractivity contribution in [1.82, 2.24) is 23.7 Å². The first-order valence-corrected chi connectivity index (χ1v) is 17.9. The van der Waals surface area contributed by atoms with E-state index in [1.807, 2.05) is 36.4 Å². The number of aromatic nitrogens is 3. The first-order valence-electron chi connectivity index (χ1n) is 14.7. The molecular formula is C31H39N7O4S2. The van der Waals surface area contributed by atoms with Crippen LogP contribution in [-0.4, -0.2) is 95.4 Å². The predicted octanol–water partition coefficient (Wildman–Crippen LogP) is 4.45. The van der Waals surface area contributed by atoms with Gasteiger partial charge in [-0.25, -0.2) is 9.29 Å². The molecule has 0 amide bonds. The lowest BCUT2D eigenvalue weighted by molar-refractivity contribution is 0.313. The first-order chi connectivity index (χ1) is 21.1. The molecule has 1 aliphatic carbocycles. The quantitative estimate of drug-likeness (QED) is 0.230. The van der Waals surface area contributed by atoms with Crippen LogP contribution in [0.15, 0.2) is 70.5 Å². The van der Waals surface area contributed by atoms with Gasteiger partial charge in [-0.2, -0.15) is 4.98 Å². The Labute approximate surface area is 261 Å². The lowest BCUT2D eigenvalue weighted by atomic mass is 10.1. The number of benzene rings is 2. The Balaban J connectivity index is 1.33. The van der Waals surface area contributed by atoms with Crippen LogP contribution in [0.1, 0.15) is 12.8 Å². The Kier molecular flexibility index (Phi) is 8.77. The minimum atomic E-state index is -2.95. The minimum Gasteiger partial charge on any atom is -0.369 e. The zero-order valence-electron chi connectivity index (χ0n) is 25.2. The fraction of sp³-hybridized carbons (Fsp3) is 0.387. The van der Waals surface area contributed by atoms with Crippen LogP contribution in [-0.2, 0) is 17.3 Å². The normalized spacial score (nSPS) is 17.3. The summed E-state index contributed by atoms with van der Waals surface area (Å²) in [5.41, 5.74) is 3.28. The molecule has 1 atom stereocenters. The zero-order chi connectivity index (χ0) is 31.0. The summed E-state index contributed by atoms with van der Waals surface area (Å²) in [4.78, 5) is 28.7. The highest BCUT2D eigenvalue weighted by Gasteiger charge is 2.29. The Morgan fingerprint density at radius 2 is 1.80 bits per heavy atom. The van der Waals surface area contributed by atoms with Crippen molar-refractivity contribution in [3.05, 3.63) is 71.1 Å².